The molecule has 0 aromatic rings. The third-order valence-electron chi connectivity index (χ3n) is 5.87. The maximum absolute atomic E-state index is 10.1. The highest BCUT2D eigenvalue weighted by Gasteiger charge is 2.48. The Hall–Kier alpha value is -0.500. The van der Waals surface area contributed by atoms with Crippen molar-refractivity contribution in [3.63, 3.8) is 0 Å². The SMILES string of the molecule is C=CC[C@@H](O)[C@H]1CC[C@@H]([C@H]2CC[C@H]([C@@H]3CCCC4(OCCO4)O3)O2)O1. The van der Waals surface area contributed by atoms with Crippen LogP contribution in [0.2, 0.25) is 0 Å². The number of hydrogen-bond donors (Lipinski definition) is 1. The average Bonchev–Trinajstić information content (AvgIpc) is 3.35. The Kier molecular flexibility index (Phi) is 5.46. The molecular formula is C19H30O6. The Morgan fingerprint density at radius 2 is 1.64 bits per heavy atom. The first kappa shape index (κ1) is 17.9. The van der Waals surface area contributed by atoms with E-state index in [0.717, 1.165) is 44.9 Å². The van der Waals surface area contributed by atoms with Crippen molar-refractivity contribution in [2.45, 2.75) is 94.0 Å². The summed E-state index contributed by atoms with van der Waals surface area (Å²) in [4.78, 5) is 0. The summed E-state index contributed by atoms with van der Waals surface area (Å²) in [6, 6.07) is 0. The van der Waals surface area contributed by atoms with Gasteiger partial charge in [-0.2, -0.15) is 0 Å². The Morgan fingerprint density at radius 1 is 0.960 bits per heavy atom. The highest BCUT2D eigenvalue weighted by atomic mass is 16.9. The molecule has 6 nitrogen and oxygen atoms in total. The number of aliphatic hydroxyl groups is 1. The topological polar surface area (TPSA) is 66.4 Å². The van der Waals surface area contributed by atoms with Crippen molar-refractivity contribution < 1.29 is 28.8 Å². The van der Waals surface area contributed by atoms with E-state index in [4.69, 9.17) is 23.7 Å². The quantitative estimate of drug-likeness (QED) is 0.764. The highest BCUT2D eigenvalue weighted by molar-refractivity contribution is 4.91. The zero-order chi connectivity index (χ0) is 17.3. The molecule has 6 heteroatoms. The van der Waals surface area contributed by atoms with Gasteiger partial charge < -0.3 is 28.8 Å². The molecule has 1 spiro atoms. The molecule has 4 rings (SSSR count). The van der Waals surface area contributed by atoms with Crippen LogP contribution >= 0.6 is 0 Å². The highest BCUT2D eigenvalue weighted by Crippen LogP contribution is 2.40. The molecule has 4 aliphatic rings. The van der Waals surface area contributed by atoms with Crippen molar-refractivity contribution in [2.24, 2.45) is 0 Å². The molecule has 4 fully saturated rings. The van der Waals surface area contributed by atoms with Crippen LogP contribution in [0.1, 0.15) is 51.4 Å². The zero-order valence-corrected chi connectivity index (χ0v) is 14.8. The van der Waals surface area contributed by atoms with Crippen LogP contribution in [-0.2, 0) is 23.7 Å². The number of ether oxygens (including phenoxy) is 5. The fourth-order valence-electron chi connectivity index (χ4n) is 4.58. The second-order valence-corrected chi connectivity index (χ2v) is 7.60. The van der Waals surface area contributed by atoms with E-state index in [1.165, 1.54) is 0 Å². The van der Waals surface area contributed by atoms with Gasteiger partial charge in [0.05, 0.1) is 49.8 Å². The minimum atomic E-state index is -0.825. The van der Waals surface area contributed by atoms with Crippen molar-refractivity contribution >= 4 is 0 Å². The summed E-state index contributed by atoms with van der Waals surface area (Å²) in [5.74, 6) is -0.825. The standard InChI is InChI=1S/C19H30O6/c1-2-4-13(20)14-6-7-15(23-14)16-8-9-17(24-16)18-5-3-10-19(25-18)21-11-12-22-19/h2,13-18,20H,1,3-12H2/t13-,14-,15+,16-,17-,18+/m1/s1. The van der Waals surface area contributed by atoms with Gasteiger partial charge in [0.2, 0.25) is 0 Å². The summed E-state index contributed by atoms with van der Waals surface area (Å²) in [6.07, 6.45) is 8.64. The molecule has 0 bridgehead atoms. The molecule has 4 saturated heterocycles. The van der Waals surface area contributed by atoms with Gasteiger partial charge in [0, 0.05) is 6.42 Å². The minimum absolute atomic E-state index is 0.0282. The lowest BCUT2D eigenvalue weighted by atomic mass is 9.99. The van der Waals surface area contributed by atoms with Gasteiger partial charge in [0.1, 0.15) is 0 Å². The van der Waals surface area contributed by atoms with E-state index in [-0.39, 0.29) is 30.5 Å². The molecule has 4 heterocycles. The lowest BCUT2D eigenvalue weighted by Crippen LogP contribution is -2.46. The average molecular weight is 354 g/mol. The third kappa shape index (κ3) is 3.80. The smallest absolute Gasteiger partial charge is 0.283 e. The summed E-state index contributed by atoms with van der Waals surface area (Å²) >= 11 is 0. The van der Waals surface area contributed by atoms with E-state index < -0.39 is 12.1 Å². The predicted molar refractivity (Wildman–Crippen MR) is 90.0 cm³/mol. The lowest BCUT2D eigenvalue weighted by Gasteiger charge is -2.38. The van der Waals surface area contributed by atoms with Gasteiger partial charge >= 0.3 is 0 Å². The normalized spacial score (nSPS) is 42.0. The number of rotatable bonds is 5. The van der Waals surface area contributed by atoms with E-state index in [2.05, 4.69) is 6.58 Å². The van der Waals surface area contributed by atoms with Crippen LogP contribution < -0.4 is 0 Å². The number of hydrogen-bond acceptors (Lipinski definition) is 6. The van der Waals surface area contributed by atoms with Gasteiger partial charge in [0.15, 0.2) is 0 Å². The molecule has 0 unspecified atom stereocenters. The Morgan fingerprint density at radius 3 is 2.40 bits per heavy atom. The summed E-state index contributed by atoms with van der Waals surface area (Å²) in [5, 5.41) is 10.1. The molecule has 6 atom stereocenters. The first-order valence-corrected chi connectivity index (χ1v) is 9.75. The minimum Gasteiger partial charge on any atom is -0.390 e. The van der Waals surface area contributed by atoms with Crippen molar-refractivity contribution in [2.75, 3.05) is 13.2 Å². The molecule has 4 aliphatic heterocycles. The van der Waals surface area contributed by atoms with Gasteiger partial charge in [-0.1, -0.05) is 6.08 Å². The van der Waals surface area contributed by atoms with Gasteiger partial charge in [-0.15, -0.1) is 6.58 Å². The summed E-state index contributed by atoms with van der Waals surface area (Å²) in [6.45, 7) is 4.89. The third-order valence-corrected chi connectivity index (χ3v) is 5.87. The fraction of sp³-hybridized carbons (Fsp3) is 0.895. The molecule has 142 valence electrons. The Labute approximate surface area is 149 Å². The summed E-state index contributed by atoms with van der Waals surface area (Å²) in [7, 11) is 0. The first-order chi connectivity index (χ1) is 12.2. The molecule has 0 radical (unpaired) electrons. The van der Waals surface area contributed by atoms with Crippen LogP contribution in [0.25, 0.3) is 0 Å². The van der Waals surface area contributed by atoms with Crippen LogP contribution in [0.4, 0.5) is 0 Å². The van der Waals surface area contributed by atoms with Crippen molar-refractivity contribution in [3.05, 3.63) is 12.7 Å². The van der Waals surface area contributed by atoms with E-state index in [0.29, 0.717) is 19.6 Å². The van der Waals surface area contributed by atoms with Crippen LogP contribution in [-0.4, -0.2) is 60.9 Å². The van der Waals surface area contributed by atoms with Crippen LogP contribution in [0.5, 0.6) is 0 Å². The van der Waals surface area contributed by atoms with Gasteiger partial charge in [-0.25, -0.2) is 0 Å². The molecule has 25 heavy (non-hydrogen) atoms. The second-order valence-electron chi connectivity index (χ2n) is 7.60. The zero-order valence-electron chi connectivity index (χ0n) is 14.8. The Balaban J connectivity index is 1.29. The number of aliphatic hydroxyl groups excluding tert-OH is 1. The van der Waals surface area contributed by atoms with Crippen LogP contribution in [0.3, 0.4) is 0 Å². The van der Waals surface area contributed by atoms with Crippen LogP contribution in [0.15, 0.2) is 12.7 Å². The molecule has 0 amide bonds. The van der Waals surface area contributed by atoms with Gasteiger partial charge in [-0.3, -0.25) is 0 Å². The van der Waals surface area contributed by atoms with Crippen molar-refractivity contribution in [1.29, 1.82) is 0 Å². The van der Waals surface area contributed by atoms with E-state index in [9.17, 15) is 5.11 Å². The van der Waals surface area contributed by atoms with E-state index >= 15 is 0 Å². The van der Waals surface area contributed by atoms with Gasteiger partial charge in [0.25, 0.3) is 5.97 Å². The van der Waals surface area contributed by atoms with E-state index in [1.54, 1.807) is 6.08 Å². The second kappa shape index (κ2) is 7.62. The lowest BCUT2D eigenvalue weighted by molar-refractivity contribution is -0.373. The maximum atomic E-state index is 10.1. The fourth-order valence-corrected chi connectivity index (χ4v) is 4.58. The molecule has 1 N–H and O–H groups in total. The van der Waals surface area contributed by atoms with Crippen molar-refractivity contribution in [1.82, 2.24) is 0 Å². The molecule has 0 aromatic carbocycles. The van der Waals surface area contributed by atoms with E-state index in [1.807, 2.05) is 0 Å². The van der Waals surface area contributed by atoms with Gasteiger partial charge in [-0.05, 0) is 44.9 Å². The van der Waals surface area contributed by atoms with Crippen molar-refractivity contribution in [3.8, 4) is 0 Å². The van der Waals surface area contributed by atoms with Crippen LogP contribution in [0, 0.1) is 0 Å². The first-order valence-electron chi connectivity index (χ1n) is 9.75. The predicted octanol–water partition coefficient (Wildman–Crippen LogP) is 2.29. The monoisotopic (exact) mass is 354 g/mol. The maximum Gasteiger partial charge on any atom is 0.283 e. The molecule has 0 saturated carbocycles. The summed E-state index contributed by atoms with van der Waals surface area (Å²) in [5.41, 5.74) is 0. The largest absolute Gasteiger partial charge is 0.390 e. The molecule has 0 aliphatic carbocycles. The molecule has 0 aromatic heterocycles. The Bertz CT molecular complexity index is 463. The molecular weight excluding hydrogens is 324 g/mol. The summed E-state index contributed by atoms with van der Waals surface area (Å²) < 4.78 is 29.9.